The van der Waals surface area contributed by atoms with Gasteiger partial charge in [0, 0.05) is 17.4 Å². The van der Waals surface area contributed by atoms with Gasteiger partial charge in [-0.3, -0.25) is 4.79 Å². The number of hydrogen-bond donors (Lipinski definition) is 0. The van der Waals surface area contributed by atoms with Crippen molar-refractivity contribution in [3.05, 3.63) is 52.5 Å². The molecule has 0 saturated heterocycles. The Morgan fingerprint density at radius 3 is 3.05 bits per heavy atom. The average molecular weight is 314 g/mol. The highest BCUT2D eigenvalue weighted by Gasteiger charge is 2.12. The Kier molecular flexibility index (Phi) is 4.29. The molecule has 22 heavy (non-hydrogen) atoms. The molecule has 5 nitrogen and oxygen atoms in total. The van der Waals surface area contributed by atoms with Crippen LogP contribution in [-0.4, -0.2) is 16.1 Å². The third-order valence-corrected chi connectivity index (χ3v) is 3.69. The standard InChI is InChI=1S/C16H14N2O3S/c1-11-3-2-4-13(9-11)20-15(19)6-5-14-17-16(18-21-14)12-7-8-22-10-12/h2-4,7-10H,5-6H2,1H3. The van der Waals surface area contributed by atoms with E-state index in [1.54, 1.807) is 17.4 Å². The van der Waals surface area contributed by atoms with Gasteiger partial charge in [-0.2, -0.15) is 16.3 Å². The lowest BCUT2D eigenvalue weighted by molar-refractivity contribution is -0.134. The highest BCUT2D eigenvalue weighted by molar-refractivity contribution is 7.08. The van der Waals surface area contributed by atoms with Crippen LogP contribution in [0.3, 0.4) is 0 Å². The summed E-state index contributed by atoms with van der Waals surface area (Å²) in [6, 6.07) is 9.29. The van der Waals surface area contributed by atoms with Gasteiger partial charge in [-0.1, -0.05) is 17.3 Å². The van der Waals surface area contributed by atoms with Crippen molar-refractivity contribution in [2.75, 3.05) is 0 Å². The molecule has 3 aromatic rings. The van der Waals surface area contributed by atoms with Gasteiger partial charge in [0.05, 0.1) is 6.42 Å². The maximum absolute atomic E-state index is 11.8. The van der Waals surface area contributed by atoms with Crippen LogP contribution in [0.2, 0.25) is 0 Å². The summed E-state index contributed by atoms with van der Waals surface area (Å²) in [5, 5.41) is 7.79. The molecular formula is C16H14N2O3S. The molecule has 0 amide bonds. The molecule has 6 heteroatoms. The van der Waals surface area contributed by atoms with Crippen molar-refractivity contribution in [2.45, 2.75) is 19.8 Å². The van der Waals surface area contributed by atoms with E-state index in [0.717, 1.165) is 11.1 Å². The van der Waals surface area contributed by atoms with Crippen molar-refractivity contribution < 1.29 is 14.1 Å². The number of carbonyl (C=O) groups is 1. The van der Waals surface area contributed by atoms with Crippen molar-refractivity contribution in [1.29, 1.82) is 0 Å². The Bertz CT molecular complexity index is 765. The molecule has 1 aromatic carbocycles. The van der Waals surface area contributed by atoms with E-state index in [1.807, 2.05) is 41.9 Å². The second-order valence-corrected chi connectivity index (χ2v) is 5.59. The van der Waals surface area contributed by atoms with E-state index in [-0.39, 0.29) is 12.4 Å². The minimum absolute atomic E-state index is 0.194. The molecule has 3 rings (SSSR count). The third-order valence-electron chi connectivity index (χ3n) is 3.01. The number of hydrogen-bond acceptors (Lipinski definition) is 6. The number of thiophene rings is 1. The molecule has 2 aromatic heterocycles. The number of ether oxygens (including phenoxy) is 1. The first-order valence-electron chi connectivity index (χ1n) is 6.83. The summed E-state index contributed by atoms with van der Waals surface area (Å²) >= 11 is 1.57. The van der Waals surface area contributed by atoms with Crippen LogP contribution in [0.4, 0.5) is 0 Å². The number of nitrogens with zero attached hydrogens (tertiary/aromatic N) is 2. The smallest absolute Gasteiger partial charge is 0.311 e. The van der Waals surface area contributed by atoms with E-state index in [2.05, 4.69) is 10.1 Å². The monoisotopic (exact) mass is 314 g/mol. The Morgan fingerprint density at radius 1 is 1.36 bits per heavy atom. The fourth-order valence-corrected chi connectivity index (χ4v) is 2.57. The van der Waals surface area contributed by atoms with E-state index in [4.69, 9.17) is 9.26 Å². The largest absolute Gasteiger partial charge is 0.427 e. The average Bonchev–Trinajstić information content (AvgIpc) is 3.16. The van der Waals surface area contributed by atoms with Crippen LogP contribution in [0.15, 0.2) is 45.6 Å². The summed E-state index contributed by atoms with van der Waals surface area (Å²) < 4.78 is 10.4. The van der Waals surface area contributed by atoms with Gasteiger partial charge in [-0.25, -0.2) is 0 Å². The topological polar surface area (TPSA) is 65.2 Å². The van der Waals surface area contributed by atoms with Gasteiger partial charge < -0.3 is 9.26 Å². The second kappa shape index (κ2) is 6.53. The molecular weight excluding hydrogens is 300 g/mol. The zero-order chi connectivity index (χ0) is 15.4. The number of rotatable bonds is 5. The van der Waals surface area contributed by atoms with Crippen LogP contribution in [0, 0.1) is 6.92 Å². The van der Waals surface area contributed by atoms with Crippen molar-refractivity contribution in [3.63, 3.8) is 0 Å². The molecule has 0 radical (unpaired) electrons. The molecule has 0 bridgehead atoms. The van der Waals surface area contributed by atoms with Gasteiger partial charge in [0.15, 0.2) is 0 Å². The maximum Gasteiger partial charge on any atom is 0.311 e. The van der Waals surface area contributed by atoms with Gasteiger partial charge in [0.1, 0.15) is 5.75 Å². The molecule has 0 aliphatic heterocycles. The van der Waals surface area contributed by atoms with E-state index in [0.29, 0.717) is 23.9 Å². The predicted octanol–water partition coefficient (Wildman–Crippen LogP) is 3.64. The van der Waals surface area contributed by atoms with E-state index < -0.39 is 0 Å². The molecule has 0 atom stereocenters. The number of carbonyl (C=O) groups excluding carboxylic acids is 1. The molecule has 0 spiro atoms. The first-order valence-corrected chi connectivity index (χ1v) is 7.77. The Hall–Kier alpha value is -2.47. The Morgan fingerprint density at radius 2 is 2.27 bits per heavy atom. The van der Waals surface area contributed by atoms with Crippen LogP contribution >= 0.6 is 11.3 Å². The maximum atomic E-state index is 11.8. The molecule has 2 heterocycles. The van der Waals surface area contributed by atoms with Crippen LogP contribution in [0.25, 0.3) is 11.4 Å². The van der Waals surface area contributed by atoms with E-state index in [9.17, 15) is 4.79 Å². The second-order valence-electron chi connectivity index (χ2n) is 4.81. The van der Waals surface area contributed by atoms with Crippen molar-refractivity contribution >= 4 is 17.3 Å². The Balaban J connectivity index is 1.55. The molecule has 0 aliphatic carbocycles. The van der Waals surface area contributed by atoms with Crippen LogP contribution in [0.1, 0.15) is 17.9 Å². The normalized spacial score (nSPS) is 10.6. The molecule has 0 N–H and O–H groups in total. The number of aryl methyl sites for hydroxylation is 2. The fraction of sp³-hybridized carbons (Fsp3) is 0.188. The van der Waals surface area contributed by atoms with Gasteiger partial charge in [0.2, 0.25) is 11.7 Å². The summed E-state index contributed by atoms with van der Waals surface area (Å²) in [6.07, 6.45) is 0.557. The van der Waals surface area contributed by atoms with Crippen LogP contribution in [-0.2, 0) is 11.2 Å². The number of benzene rings is 1. The van der Waals surface area contributed by atoms with Gasteiger partial charge in [-0.05, 0) is 36.1 Å². The minimum atomic E-state index is -0.319. The van der Waals surface area contributed by atoms with E-state index in [1.165, 1.54) is 0 Å². The molecule has 0 fully saturated rings. The van der Waals surface area contributed by atoms with E-state index >= 15 is 0 Å². The first kappa shape index (κ1) is 14.5. The van der Waals surface area contributed by atoms with Gasteiger partial charge in [0.25, 0.3) is 0 Å². The molecule has 112 valence electrons. The third kappa shape index (κ3) is 3.59. The lowest BCUT2D eigenvalue weighted by Crippen LogP contribution is -2.09. The molecule has 0 aliphatic rings. The number of esters is 1. The summed E-state index contributed by atoms with van der Waals surface area (Å²) in [5.74, 6) is 1.21. The fourth-order valence-electron chi connectivity index (χ4n) is 1.94. The zero-order valence-electron chi connectivity index (χ0n) is 12.0. The SMILES string of the molecule is Cc1cccc(OC(=O)CCc2nc(-c3ccsc3)no2)c1. The predicted molar refractivity (Wildman–Crippen MR) is 82.7 cm³/mol. The molecule has 0 unspecified atom stereocenters. The lowest BCUT2D eigenvalue weighted by atomic mass is 10.2. The summed E-state index contributed by atoms with van der Waals surface area (Å²) in [5.41, 5.74) is 1.96. The first-order chi connectivity index (χ1) is 10.7. The molecule has 0 saturated carbocycles. The summed E-state index contributed by atoms with van der Waals surface area (Å²) in [4.78, 5) is 16.1. The minimum Gasteiger partial charge on any atom is -0.427 e. The highest BCUT2D eigenvalue weighted by Crippen LogP contribution is 2.19. The highest BCUT2D eigenvalue weighted by atomic mass is 32.1. The summed E-state index contributed by atoms with van der Waals surface area (Å²) in [6.45, 7) is 1.95. The number of aromatic nitrogens is 2. The summed E-state index contributed by atoms with van der Waals surface area (Å²) in [7, 11) is 0. The van der Waals surface area contributed by atoms with Gasteiger partial charge in [-0.15, -0.1) is 0 Å². The lowest BCUT2D eigenvalue weighted by Gasteiger charge is -2.03. The van der Waals surface area contributed by atoms with Crippen LogP contribution < -0.4 is 4.74 Å². The van der Waals surface area contributed by atoms with Crippen LogP contribution in [0.5, 0.6) is 5.75 Å². The van der Waals surface area contributed by atoms with Crippen molar-refractivity contribution in [2.24, 2.45) is 0 Å². The van der Waals surface area contributed by atoms with Crippen molar-refractivity contribution in [3.8, 4) is 17.1 Å². The van der Waals surface area contributed by atoms with Gasteiger partial charge >= 0.3 is 5.97 Å². The quantitative estimate of drug-likeness (QED) is 0.531. The zero-order valence-corrected chi connectivity index (χ0v) is 12.8. The Labute approximate surface area is 131 Å². The van der Waals surface area contributed by atoms with Crippen molar-refractivity contribution in [1.82, 2.24) is 10.1 Å².